The van der Waals surface area contributed by atoms with Crippen LogP contribution in [0.4, 0.5) is 0 Å². The minimum Gasteiger partial charge on any atom is -0.392 e. The van der Waals surface area contributed by atoms with Crippen molar-refractivity contribution in [3.63, 3.8) is 0 Å². The van der Waals surface area contributed by atoms with Gasteiger partial charge in [-0.05, 0) is 38.5 Å². The summed E-state index contributed by atoms with van der Waals surface area (Å²) in [7, 11) is -3.63. The van der Waals surface area contributed by atoms with Crippen LogP contribution in [-0.4, -0.2) is 42.6 Å². The summed E-state index contributed by atoms with van der Waals surface area (Å²) in [6.45, 7) is 5.97. The van der Waals surface area contributed by atoms with E-state index >= 15 is 0 Å². The standard InChI is InChI=1S/C14H20ClNO4S/c1-10-7-16(9-14(2,3)20-10)21(18,19)12-5-4-11(8-17)13(15)6-12/h4-6,10,17H,7-9H2,1-3H3. The molecule has 0 saturated carbocycles. The predicted molar refractivity (Wildman–Crippen MR) is 80.8 cm³/mol. The van der Waals surface area contributed by atoms with Gasteiger partial charge in [0.15, 0.2) is 0 Å². The number of aliphatic hydroxyl groups excluding tert-OH is 1. The minimum absolute atomic E-state index is 0.134. The first-order valence-corrected chi connectivity index (χ1v) is 8.55. The van der Waals surface area contributed by atoms with Gasteiger partial charge in [-0.2, -0.15) is 4.31 Å². The molecule has 1 aromatic rings. The lowest BCUT2D eigenvalue weighted by Gasteiger charge is -2.40. The molecule has 0 amide bonds. The summed E-state index contributed by atoms with van der Waals surface area (Å²) in [5.41, 5.74) is -0.0224. The molecule has 1 aliphatic rings. The van der Waals surface area contributed by atoms with Gasteiger partial charge in [0.25, 0.3) is 0 Å². The van der Waals surface area contributed by atoms with Crippen molar-refractivity contribution >= 4 is 21.6 Å². The normalized spacial score (nSPS) is 23.2. The molecular weight excluding hydrogens is 314 g/mol. The Kier molecular flexibility index (Phi) is 4.66. The zero-order valence-corrected chi connectivity index (χ0v) is 13.9. The maximum atomic E-state index is 12.7. The number of halogens is 1. The van der Waals surface area contributed by atoms with Gasteiger partial charge in [0, 0.05) is 18.1 Å². The fourth-order valence-corrected chi connectivity index (χ4v) is 4.54. The van der Waals surface area contributed by atoms with E-state index in [1.165, 1.54) is 22.5 Å². The number of nitrogens with zero attached hydrogens (tertiary/aromatic N) is 1. The second-order valence-corrected chi connectivity index (χ2v) is 8.24. The van der Waals surface area contributed by atoms with E-state index in [1.807, 2.05) is 20.8 Å². The molecule has 0 radical (unpaired) electrons. The molecule has 1 heterocycles. The lowest BCUT2D eigenvalue weighted by molar-refractivity contribution is -0.109. The van der Waals surface area contributed by atoms with Crippen molar-refractivity contribution < 1.29 is 18.3 Å². The van der Waals surface area contributed by atoms with Crippen LogP contribution in [0.15, 0.2) is 23.1 Å². The minimum atomic E-state index is -3.63. The summed E-state index contributed by atoms with van der Waals surface area (Å²) in [6, 6.07) is 4.39. The van der Waals surface area contributed by atoms with Crippen LogP contribution in [0.1, 0.15) is 26.3 Å². The number of benzene rings is 1. The fraction of sp³-hybridized carbons (Fsp3) is 0.571. The van der Waals surface area contributed by atoms with Crippen LogP contribution in [0, 0.1) is 0 Å². The Bertz CT molecular complexity index is 630. The van der Waals surface area contributed by atoms with Crippen molar-refractivity contribution in [1.29, 1.82) is 0 Å². The van der Waals surface area contributed by atoms with Crippen LogP contribution >= 0.6 is 11.6 Å². The molecule has 21 heavy (non-hydrogen) atoms. The van der Waals surface area contributed by atoms with E-state index < -0.39 is 15.6 Å². The third-order valence-electron chi connectivity index (χ3n) is 3.37. The van der Waals surface area contributed by atoms with Gasteiger partial charge in [-0.25, -0.2) is 8.42 Å². The van der Waals surface area contributed by atoms with Crippen LogP contribution in [-0.2, 0) is 21.4 Å². The van der Waals surface area contributed by atoms with Crippen molar-refractivity contribution in [2.75, 3.05) is 13.1 Å². The van der Waals surface area contributed by atoms with Crippen molar-refractivity contribution in [2.24, 2.45) is 0 Å². The van der Waals surface area contributed by atoms with E-state index in [-0.39, 0.29) is 22.6 Å². The van der Waals surface area contributed by atoms with Gasteiger partial charge in [-0.3, -0.25) is 0 Å². The summed E-state index contributed by atoms with van der Waals surface area (Å²) in [6.07, 6.45) is -0.171. The van der Waals surface area contributed by atoms with E-state index in [0.29, 0.717) is 18.7 Å². The van der Waals surface area contributed by atoms with Gasteiger partial charge in [-0.15, -0.1) is 0 Å². The molecule has 7 heteroatoms. The van der Waals surface area contributed by atoms with Crippen LogP contribution in [0.3, 0.4) is 0 Å². The van der Waals surface area contributed by atoms with E-state index in [0.717, 1.165) is 0 Å². The number of hydrogen-bond donors (Lipinski definition) is 1. The van der Waals surface area contributed by atoms with Gasteiger partial charge in [0.1, 0.15) is 0 Å². The number of rotatable bonds is 3. The molecule has 0 bridgehead atoms. The Morgan fingerprint density at radius 2 is 2.14 bits per heavy atom. The summed E-state index contributed by atoms with van der Waals surface area (Å²) in [4.78, 5) is 0.134. The van der Waals surface area contributed by atoms with Crippen LogP contribution in [0.5, 0.6) is 0 Å². The Labute approximate surface area is 130 Å². The van der Waals surface area contributed by atoms with E-state index in [9.17, 15) is 8.42 Å². The second-order valence-electron chi connectivity index (χ2n) is 5.90. The van der Waals surface area contributed by atoms with Crippen molar-refractivity contribution in [3.8, 4) is 0 Å². The summed E-state index contributed by atoms with van der Waals surface area (Å²) < 4.78 is 32.6. The molecule has 1 saturated heterocycles. The highest BCUT2D eigenvalue weighted by Crippen LogP contribution is 2.28. The first kappa shape index (κ1) is 16.7. The number of sulfonamides is 1. The lowest BCUT2D eigenvalue weighted by Crippen LogP contribution is -2.53. The second kappa shape index (κ2) is 5.85. The molecular formula is C14H20ClNO4S. The summed E-state index contributed by atoms with van der Waals surface area (Å²) >= 11 is 5.99. The Hall–Kier alpha value is -0.660. The van der Waals surface area contributed by atoms with Gasteiger partial charge >= 0.3 is 0 Å². The molecule has 0 aliphatic carbocycles. The third-order valence-corrected chi connectivity index (χ3v) is 5.53. The summed E-state index contributed by atoms with van der Waals surface area (Å²) in [5, 5.41) is 9.35. The Morgan fingerprint density at radius 1 is 1.48 bits per heavy atom. The molecule has 1 unspecified atom stereocenters. The molecule has 0 aromatic heterocycles. The first-order chi connectivity index (χ1) is 9.65. The highest BCUT2D eigenvalue weighted by molar-refractivity contribution is 7.89. The average Bonchev–Trinajstić information content (AvgIpc) is 2.36. The average molecular weight is 334 g/mol. The zero-order valence-electron chi connectivity index (χ0n) is 12.3. The van der Waals surface area contributed by atoms with E-state index in [1.54, 1.807) is 0 Å². The van der Waals surface area contributed by atoms with Crippen LogP contribution in [0.25, 0.3) is 0 Å². The maximum Gasteiger partial charge on any atom is 0.243 e. The van der Waals surface area contributed by atoms with Crippen molar-refractivity contribution in [2.45, 2.75) is 44.0 Å². The molecule has 1 aromatic carbocycles. The first-order valence-electron chi connectivity index (χ1n) is 6.73. The zero-order chi connectivity index (χ0) is 15.8. The summed E-state index contributed by atoms with van der Waals surface area (Å²) in [5.74, 6) is 0. The monoisotopic (exact) mass is 333 g/mol. The Morgan fingerprint density at radius 3 is 2.67 bits per heavy atom. The van der Waals surface area contributed by atoms with Gasteiger partial charge in [0.05, 0.1) is 23.2 Å². The van der Waals surface area contributed by atoms with Crippen LogP contribution in [0.2, 0.25) is 5.02 Å². The predicted octanol–water partition coefficient (Wildman–Crippen LogP) is 2.02. The molecule has 0 spiro atoms. The molecule has 1 fully saturated rings. The quantitative estimate of drug-likeness (QED) is 0.919. The number of morpholine rings is 1. The number of hydrogen-bond acceptors (Lipinski definition) is 4. The third kappa shape index (κ3) is 3.57. The molecule has 1 aliphatic heterocycles. The number of aliphatic hydroxyl groups is 1. The van der Waals surface area contributed by atoms with Gasteiger partial charge in [-0.1, -0.05) is 17.7 Å². The van der Waals surface area contributed by atoms with Crippen molar-refractivity contribution in [1.82, 2.24) is 4.31 Å². The smallest absolute Gasteiger partial charge is 0.243 e. The van der Waals surface area contributed by atoms with Crippen molar-refractivity contribution in [3.05, 3.63) is 28.8 Å². The Balaban J connectivity index is 2.35. The molecule has 2 rings (SSSR count). The fourth-order valence-electron chi connectivity index (χ4n) is 2.54. The number of ether oxygens (including phenoxy) is 1. The molecule has 1 N–H and O–H groups in total. The molecule has 5 nitrogen and oxygen atoms in total. The van der Waals surface area contributed by atoms with Gasteiger partial charge in [0.2, 0.25) is 10.0 Å². The largest absolute Gasteiger partial charge is 0.392 e. The highest BCUT2D eigenvalue weighted by atomic mass is 35.5. The van der Waals surface area contributed by atoms with Gasteiger partial charge < -0.3 is 9.84 Å². The molecule has 1 atom stereocenters. The topological polar surface area (TPSA) is 66.8 Å². The molecule has 118 valence electrons. The van der Waals surface area contributed by atoms with E-state index in [2.05, 4.69) is 0 Å². The van der Waals surface area contributed by atoms with Crippen LogP contribution < -0.4 is 0 Å². The lowest BCUT2D eigenvalue weighted by atomic mass is 10.1. The maximum absolute atomic E-state index is 12.7. The van der Waals surface area contributed by atoms with E-state index in [4.69, 9.17) is 21.4 Å². The SMILES string of the molecule is CC1CN(S(=O)(=O)c2ccc(CO)c(Cl)c2)CC(C)(C)O1. The highest BCUT2D eigenvalue weighted by Gasteiger charge is 2.38.